The van der Waals surface area contributed by atoms with Crippen molar-refractivity contribution in [2.75, 3.05) is 0 Å². The lowest BCUT2D eigenvalue weighted by atomic mass is 9.90. The molecule has 96 valence electrons. The van der Waals surface area contributed by atoms with Crippen LogP contribution in [0.4, 0.5) is 0 Å². The van der Waals surface area contributed by atoms with E-state index in [1.54, 1.807) is 0 Å². The topological polar surface area (TPSA) is 25.8 Å². The Morgan fingerprint density at radius 1 is 0.895 bits per heavy atom. The van der Waals surface area contributed by atoms with Gasteiger partial charge in [0.2, 0.25) is 0 Å². The van der Waals surface area contributed by atoms with E-state index < -0.39 is 0 Å². The second kappa shape index (κ2) is 4.02. The summed E-state index contributed by atoms with van der Waals surface area (Å²) < 4.78 is 0. The van der Waals surface area contributed by atoms with Crippen molar-refractivity contribution in [3.63, 3.8) is 0 Å². The molecule has 0 aliphatic heterocycles. The predicted molar refractivity (Wildman–Crippen MR) is 80.5 cm³/mol. The third-order valence-electron chi connectivity index (χ3n) is 3.44. The quantitative estimate of drug-likeness (QED) is 0.553. The van der Waals surface area contributed by atoms with Gasteiger partial charge in [0.15, 0.2) is 0 Å². The monoisotopic (exact) mass is 250 g/mol. The Labute approximate surface area is 113 Å². The van der Waals surface area contributed by atoms with Crippen molar-refractivity contribution in [1.29, 1.82) is 0 Å². The maximum absolute atomic E-state index is 4.91. The van der Waals surface area contributed by atoms with Crippen LogP contribution in [0.2, 0.25) is 0 Å². The van der Waals surface area contributed by atoms with Gasteiger partial charge in [-0.3, -0.25) is 0 Å². The van der Waals surface area contributed by atoms with E-state index in [2.05, 4.69) is 57.2 Å². The van der Waals surface area contributed by atoms with Gasteiger partial charge in [-0.15, -0.1) is 0 Å². The first kappa shape index (κ1) is 12.1. The molecule has 0 radical (unpaired) electrons. The molecule has 0 spiro atoms. The van der Waals surface area contributed by atoms with Gasteiger partial charge < -0.3 is 0 Å². The van der Waals surface area contributed by atoms with Gasteiger partial charge in [-0.1, -0.05) is 51.1 Å². The number of fused-ring (bicyclic) bond motifs is 3. The number of rotatable bonds is 0. The molecule has 0 aliphatic carbocycles. The fraction of sp³-hybridized carbons (Fsp3) is 0.294. The second-order valence-electron chi connectivity index (χ2n) is 6.06. The molecule has 0 N–H and O–H groups in total. The Hall–Kier alpha value is -1.96. The zero-order valence-corrected chi connectivity index (χ0v) is 11.9. The molecule has 0 fully saturated rings. The average Bonchev–Trinajstić information content (AvgIpc) is 2.36. The SMILES string of the molecule is Cc1nc2ccc3ccccc3c2nc1C(C)(C)C. The van der Waals surface area contributed by atoms with Crippen molar-refractivity contribution in [2.45, 2.75) is 33.1 Å². The van der Waals surface area contributed by atoms with Crippen LogP contribution < -0.4 is 0 Å². The summed E-state index contributed by atoms with van der Waals surface area (Å²) in [6.45, 7) is 8.59. The molecule has 2 heteroatoms. The van der Waals surface area contributed by atoms with Gasteiger partial charge in [0.05, 0.1) is 22.4 Å². The average molecular weight is 250 g/mol. The Morgan fingerprint density at radius 2 is 1.63 bits per heavy atom. The summed E-state index contributed by atoms with van der Waals surface area (Å²) in [4.78, 5) is 9.64. The van der Waals surface area contributed by atoms with E-state index in [-0.39, 0.29) is 5.41 Å². The molecule has 0 saturated heterocycles. The molecule has 0 aliphatic rings. The van der Waals surface area contributed by atoms with E-state index in [0.29, 0.717) is 0 Å². The highest BCUT2D eigenvalue weighted by atomic mass is 14.8. The van der Waals surface area contributed by atoms with E-state index >= 15 is 0 Å². The minimum atomic E-state index is 0.0161. The molecular formula is C17H18N2. The molecule has 19 heavy (non-hydrogen) atoms. The van der Waals surface area contributed by atoms with Crippen LogP contribution in [0.25, 0.3) is 21.8 Å². The number of hydrogen-bond acceptors (Lipinski definition) is 2. The normalized spacial score (nSPS) is 12.2. The molecular weight excluding hydrogens is 232 g/mol. The molecule has 0 bridgehead atoms. The van der Waals surface area contributed by atoms with Crippen LogP contribution in [0.5, 0.6) is 0 Å². The first-order valence-electron chi connectivity index (χ1n) is 6.63. The van der Waals surface area contributed by atoms with Gasteiger partial charge >= 0.3 is 0 Å². The fourth-order valence-corrected chi connectivity index (χ4v) is 2.59. The van der Waals surface area contributed by atoms with Gasteiger partial charge in [0.25, 0.3) is 0 Å². The van der Waals surface area contributed by atoms with E-state index in [0.717, 1.165) is 22.4 Å². The standard InChI is InChI=1S/C17H18N2/c1-11-16(17(2,3)4)19-15-13-8-6-5-7-12(13)9-10-14(15)18-11/h5-10H,1-4H3. The molecule has 0 amide bonds. The molecule has 1 heterocycles. The number of aromatic nitrogens is 2. The lowest BCUT2D eigenvalue weighted by Gasteiger charge is -2.20. The summed E-state index contributed by atoms with van der Waals surface area (Å²) in [6, 6.07) is 12.5. The summed E-state index contributed by atoms with van der Waals surface area (Å²) in [5.41, 5.74) is 4.10. The number of benzene rings is 2. The number of nitrogens with zero attached hydrogens (tertiary/aromatic N) is 2. The summed E-state index contributed by atoms with van der Waals surface area (Å²) in [5.74, 6) is 0. The Bertz CT molecular complexity index is 767. The summed E-state index contributed by atoms with van der Waals surface area (Å²) in [6.07, 6.45) is 0. The smallest absolute Gasteiger partial charge is 0.0968 e. The predicted octanol–water partition coefficient (Wildman–Crippen LogP) is 4.39. The van der Waals surface area contributed by atoms with E-state index in [1.165, 1.54) is 10.8 Å². The maximum Gasteiger partial charge on any atom is 0.0968 e. The molecule has 2 aromatic carbocycles. The van der Waals surface area contributed by atoms with Crippen LogP contribution in [0.1, 0.15) is 32.2 Å². The van der Waals surface area contributed by atoms with E-state index in [9.17, 15) is 0 Å². The van der Waals surface area contributed by atoms with Crippen LogP contribution >= 0.6 is 0 Å². The fourth-order valence-electron chi connectivity index (χ4n) is 2.59. The third kappa shape index (κ3) is 1.97. The zero-order valence-electron chi connectivity index (χ0n) is 11.9. The molecule has 1 aromatic heterocycles. The van der Waals surface area contributed by atoms with Crippen molar-refractivity contribution in [2.24, 2.45) is 0 Å². The maximum atomic E-state index is 4.91. The summed E-state index contributed by atoms with van der Waals surface area (Å²) >= 11 is 0. The molecule has 0 unspecified atom stereocenters. The van der Waals surface area contributed by atoms with Crippen molar-refractivity contribution in [1.82, 2.24) is 9.97 Å². The molecule has 3 aromatic rings. The van der Waals surface area contributed by atoms with Crippen LogP contribution in [0.15, 0.2) is 36.4 Å². The minimum absolute atomic E-state index is 0.0161. The van der Waals surface area contributed by atoms with Gasteiger partial charge in [-0.25, -0.2) is 9.97 Å². The van der Waals surface area contributed by atoms with Crippen molar-refractivity contribution >= 4 is 21.8 Å². The van der Waals surface area contributed by atoms with Crippen molar-refractivity contribution < 1.29 is 0 Å². The van der Waals surface area contributed by atoms with Crippen molar-refractivity contribution in [3.05, 3.63) is 47.8 Å². The molecule has 0 saturated carbocycles. The minimum Gasteiger partial charge on any atom is -0.250 e. The van der Waals surface area contributed by atoms with Crippen LogP contribution in [-0.4, -0.2) is 9.97 Å². The first-order chi connectivity index (χ1) is 8.97. The highest BCUT2D eigenvalue weighted by molar-refractivity contribution is 6.03. The number of aryl methyl sites for hydroxylation is 1. The lowest BCUT2D eigenvalue weighted by Crippen LogP contribution is -2.16. The summed E-state index contributed by atoms with van der Waals surface area (Å²) in [5, 5.41) is 2.39. The summed E-state index contributed by atoms with van der Waals surface area (Å²) in [7, 11) is 0. The first-order valence-corrected chi connectivity index (χ1v) is 6.63. The van der Waals surface area contributed by atoms with Gasteiger partial charge in [0.1, 0.15) is 0 Å². The van der Waals surface area contributed by atoms with Crippen LogP contribution in [0.3, 0.4) is 0 Å². The highest BCUT2D eigenvalue weighted by Crippen LogP contribution is 2.28. The zero-order chi connectivity index (χ0) is 13.6. The lowest BCUT2D eigenvalue weighted by molar-refractivity contribution is 0.563. The van der Waals surface area contributed by atoms with Crippen LogP contribution in [-0.2, 0) is 5.41 Å². The van der Waals surface area contributed by atoms with Gasteiger partial charge in [-0.2, -0.15) is 0 Å². The van der Waals surface area contributed by atoms with Gasteiger partial charge in [0, 0.05) is 10.8 Å². The third-order valence-corrected chi connectivity index (χ3v) is 3.44. The largest absolute Gasteiger partial charge is 0.250 e. The Kier molecular flexibility index (Phi) is 2.56. The van der Waals surface area contributed by atoms with E-state index in [4.69, 9.17) is 9.97 Å². The molecule has 3 rings (SSSR count). The second-order valence-corrected chi connectivity index (χ2v) is 6.06. The Morgan fingerprint density at radius 3 is 2.37 bits per heavy atom. The van der Waals surface area contributed by atoms with E-state index in [1.807, 2.05) is 6.92 Å². The molecule has 2 nitrogen and oxygen atoms in total. The van der Waals surface area contributed by atoms with Crippen LogP contribution in [0, 0.1) is 6.92 Å². The molecule has 0 atom stereocenters. The number of hydrogen-bond donors (Lipinski definition) is 0. The van der Waals surface area contributed by atoms with Gasteiger partial charge in [-0.05, 0) is 18.4 Å². The Balaban J connectivity index is 2.45. The van der Waals surface area contributed by atoms with Crippen molar-refractivity contribution in [3.8, 4) is 0 Å². The highest BCUT2D eigenvalue weighted by Gasteiger charge is 2.20.